The van der Waals surface area contributed by atoms with E-state index in [0.29, 0.717) is 12.6 Å². The van der Waals surface area contributed by atoms with Crippen LogP contribution in [0.1, 0.15) is 22.1 Å². The van der Waals surface area contributed by atoms with Crippen molar-refractivity contribution in [2.75, 3.05) is 0 Å². The number of benzene rings is 1. The zero-order valence-electron chi connectivity index (χ0n) is 8.88. The Morgan fingerprint density at radius 3 is 1.73 bits per heavy atom. The summed E-state index contributed by atoms with van der Waals surface area (Å²) in [6, 6.07) is 3.18. The number of carbonyl (C=O) groups is 2. The van der Waals surface area contributed by atoms with Crippen molar-refractivity contribution < 1.29 is 75.4 Å². The van der Waals surface area contributed by atoms with E-state index in [4.69, 9.17) is 4.55 Å². The molecule has 0 bridgehead atoms. The smallest absolute Gasteiger partial charge is 1.00 e. The summed E-state index contributed by atoms with van der Waals surface area (Å²) < 4.78 is 30.1. The monoisotopic (exact) mass is 254 g/mol. The molecule has 0 aliphatic carbocycles. The third-order valence-corrected chi connectivity index (χ3v) is 2.35. The van der Waals surface area contributed by atoms with E-state index in [1.54, 1.807) is 0 Å². The summed E-state index contributed by atoms with van der Waals surface area (Å²) >= 11 is 0. The van der Waals surface area contributed by atoms with Gasteiger partial charge in [-0.2, -0.15) is 8.42 Å². The van der Waals surface area contributed by atoms with Crippen LogP contribution in [0.2, 0.25) is 0 Å². The van der Waals surface area contributed by atoms with Crippen molar-refractivity contribution in [2.45, 2.75) is 4.90 Å². The normalized spacial score (nSPS) is 10.2. The molecule has 0 fully saturated rings. The van der Waals surface area contributed by atoms with Gasteiger partial charge in [-0.15, -0.1) is 0 Å². The molecule has 0 saturated carbocycles. The molecule has 0 aromatic heterocycles. The van der Waals surface area contributed by atoms with Gasteiger partial charge < -0.3 is 1.43 Å². The molecular formula is C8H7KO5S. The molecule has 0 saturated heterocycles. The second-order valence-corrected chi connectivity index (χ2v) is 3.97. The second-order valence-electron chi connectivity index (χ2n) is 2.55. The molecule has 0 heterocycles. The summed E-state index contributed by atoms with van der Waals surface area (Å²) in [4.78, 5) is 20.3. The average Bonchev–Trinajstić information content (AvgIpc) is 2.15. The van der Waals surface area contributed by atoms with Crippen LogP contribution in [-0.4, -0.2) is 25.5 Å². The molecule has 0 radical (unpaired) electrons. The van der Waals surface area contributed by atoms with Crippen LogP contribution in [0.25, 0.3) is 0 Å². The van der Waals surface area contributed by atoms with E-state index < -0.39 is 15.0 Å². The van der Waals surface area contributed by atoms with Gasteiger partial charge in [0.25, 0.3) is 10.1 Å². The van der Waals surface area contributed by atoms with Crippen molar-refractivity contribution in [3.8, 4) is 0 Å². The Kier molecular flexibility index (Phi) is 6.04. The fourth-order valence-corrected chi connectivity index (χ4v) is 1.50. The van der Waals surface area contributed by atoms with Crippen LogP contribution in [0, 0.1) is 0 Å². The van der Waals surface area contributed by atoms with E-state index >= 15 is 0 Å². The molecule has 0 atom stereocenters. The number of aldehydes is 2. The number of hydrogen-bond acceptors (Lipinski definition) is 4. The van der Waals surface area contributed by atoms with Crippen molar-refractivity contribution >= 4 is 22.7 Å². The maximum Gasteiger partial charge on any atom is 1.00 e. The summed E-state index contributed by atoms with van der Waals surface area (Å²) in [5.41, 5.74) is 0.0319. The largest absolute Gasteiger partial charge is 1.00 e. The first-order valence-corrected chi connectivity index (χ1v) is 4.94. The van der Waals surface area contributed by atoms with Gasteiger partial charge in [0.15, 0.2) is 0 Å². The van der Waals surface area contributed by atoms with Crippen LogP contribution in [0.3, 0.4) is 0 Å². The first-order valence-electron chi connectivity index (χ1n) is 3.50. The standard InChI is InChI=1S/C8H6O5S.K.H/c9-4-6-1-7(5-10)3-8(2-6)14(11,12)13;;/h1-5H,(H,11,12,13);;/q;+1;-1. The van der Waals surface area contributed by atoms with E-state index in [1.165, 1.54) is 6.07 Å². The van der Waals surface area contributed by atoms with Gasteiger partial charge >= 0.3 is 51.4 Å². The van der Waals surface area contributed by atoms with E-state index in [9.17, 15) is 18.0 Å². The molecule has 0 aliphatic rings. The van der Waals surface area contributed by atoms with E-state index in [1.807, 2.05) is 0 Å². The van der Waals surface area contributed by atoms with Crippen LogP contribution in [0.5, 0.6) is 0 Å². The second kappa shape index (κ2) is 5.99. The summed E-state index contributed by atoms with van der Waals surface area (Å²) in [7, 11) is -4.39. The molecule has 1 rings (SSSR count). The summed E-state index contributed by atoms with van der Waals surface area (Å²) in [6.45, 7) is 0. The van der Waals surface area contributed by atoms with Crippen LogP contribution >= 0.6 is 0 Å². The van der Waals surface area contributed by atoms with Gasteiger partial charge in [-0.3, -0.25) is 14.1 Å². The van der Waals surface area contributed by atoms with Crippen molar-refractivity contribution in [1.82, 2.24) is 0 Å². The molecule has 5 nitrogen and oxygen atoms in total. The Morgan fingerprint density at radius 1 is 1.07 bits per heavy atom. The van der Waals surface area contributed by atoms with Crippen LogP contribution in [0.4, 0.5) is 0 Å². The van der Waals surface area contributed by atoms with Gasteiger partial charge in [0.05, 0.1) is 4.90 Å². The average molecular weight is 254 g/mol. The number of carbonyl (C=O) groups excluding carboxylic acids is 2. The van der Waals surface area contributed by atoms with Gasteiger partial charge in [-0.1, -0.05) is 0 Å². The van der Waals surface area contributed by atoms with Crippen LogP contribution in [-0.2, 0) is 10.1 Å². The van der Waals surface area contributed by atoms with E-state index in [2.05, 4.69) is 0 Å². The molecule has 0 spiro atoms. The molecule has 7 heteroatoms. The molecule has 0 aliphatic heterocycles. The first-order chi connectivity index (χ1) is 6.47. The fraction of sp³-hybridized carbons (Fsp3) is 0. The topological polar surface area (TPSA) is 88.5 Å². The number of hydrogen-bond donors (Lipinski definition) is 1. The third-order valence-electron chi connectivity index (χ3n) is 1.52. The Bertz CT molecular complexity index is 459. The van der Waals surface area contributed by atoms with Crippen molar-refractivity contribution in [3.05, 3.63) is 29.3 Å². The Labute approximate surface area is 131 Å². The molecule has 15 heavy (non-hydrogen) atoms. The fourth-order valence-electron chi connectivity index (χ4n) is 0.931. The predicted octanol–water partition coefficient (Wildman–Crippen LogP) is -2.33. The third kappa shape index (κ3) is 4.23. The van der Waals surface area contributed by atoms with Crippen molar-refractivity contribution in [1.29, 1.82) is 0 Å². The maximum absolute atomic E-state index is 10.7. The van der Waals surface area contributed by atoms with Crippen LogP contribution < -0.4 is 51.4 Å². The zero-order valence-corrected chi connectivity index (χ0v) is 11.8. The van der Waals surface area contributed by atoms with Gasteiger partial charge in [-0.25, -0.2) is 0 Å². The summed E-state index contributed by atoms with van der Waals surface area (Å²) in [6.07, 6.45) is 0.781. The van der Waals surface area contributed by atoms with E-state index in [-0.39, 0.29) is 63.9 Å². The van der Waals surface area contributed by atoms with Gasteiger partial charge in [0.1, 0.15) is 12.6 Å². The maximum atomic E-state index is 10.7. The van der Waals surface area contributed by atoms with Gasteiger partial charge in [-0.05, 0) is 18.2 Å². The molecular weight excluding hydrogens is 247 g/mol. The molecule has 0 amide bonds. The Balaban J connectivity index is 0. The minimum absolute atomic E-state index is 0. The quantitative estimate of drug-likeness (QED) is 0.371. The van der Waals surface area contributed by atoms with Crippen LogP contribution in [0.15, 0.2) is 23.1 Å². The number of rotatable bonds is 3. The molecule has 1 aromatic carbocycles. The molecule has 1 aromatic rings. The predicted molar refractivity (Wildman–Crippen MR) is 48.1 cm³/mol. The minimum Gasteiger partial charge on any atom is -1.00 e. The molecule has 1 N–H and O–H groups in total. The first kappa shape index (κ1) is 15.1. The zero-order chi connectivity index (χ0) is 10.8. The summed E-state index contributed by atoms with van der Waals surface area (Å²) in [5, 5.41) is 0. The minimum atomic E-state index is -4.39. The molecule has 76 valence electrons. The van der Waals surface area contributed by atoms with E-state index in [0.717, 1.165) is 12.1 Å². The SMILES string of the molecule is O=Cc1cc(C=O)cc(S(=O)(=O)O)c1.[H-].[K+]. The van der Waals surface area contributed by atoms with Crippen molar-refractivity contribution in [2.24, 2.45) is 0 Å². The van der Waals surface area contributed by atoms with Crippen molar-refractivity contribution in [3.63, 3.8) is 0 Å². The van der Waals surface area contributed by atoms with Gasteiger partial charge in [0.2, 0.25) is 0 Å². The Morgan fingerprint density at radius 2 is 1.47 bits per heavy atom. The summed E-state index contributed by atoms with van der Waals surface area (Å²) in [5.74, 6) is 0. The van der Waals surface area contributed by atoms with Gasteiger partial charge in [0, 0.05) is 11.1 Å². The molecule has 0 unspecified atom stereocenters. The Hall–Kier alpha value is 0.106.